The second-order valence-electron chi connectivity index (χ2n) is 4.77. The van der Waals surface area contributed by atoms with Crippen molar-refractivity contribution in [2.45, 2.75) is 33.6 Å². The number of nitrogen functional groups attached to an aromatic ring is 1. The lowest BCUT2D eigenvalue weighted by molar-refractivity contribution is 0.636. The van der Waals surface area contributed by atoms with Crippen LogP contribution in [0.2, 0.25) is 0 Å². The predicted molar refractivity (Wildman–Crippen MR) is 69.7 cm³/mol. The first kappa shape index (κ1) is 11.8. The van der Waals surface area contributed by atoms with E-state index in [4.69, 9.17) is 5.73 Å². The molecular weight excluding hydrogens is 215 g/mol. The second kappa shape index (κ2) is 3.99. The maximum atomic E-state index is 13.7. The van der Waals surface area contributed by atoms with Crippen LogP contribution in [0.3, 0.4) is 0 Å². The highest BCUT2D eigenvalue weighted by Gasteiger charge is 2.16. The standard InChI is InChI=1S/C14H17FN2/c1-7(2)11-9(4)17-14-10(15)6-5-8(3)12(14)13(11)16/h5-7H,1-4H3,(H2,16,17). The van der Waals surface area contributed by atoms with Gasteiger partial charge < -0.3 is 5.73 Å². The molecule has 1 aromatic carbocycles. The molecule has 0 aliphatic carbocycles. The molecule has 0 aliphatic rings. The quantitative estimate of drug-likeness (QED) is 0.814. The van der Waals surface area contributed by atoms with E-state index in [0.29, 0.717) is 11.2 Å². The van der Waals surface area contributed by atoms with Crippen molar-refractivity contribution in [1.29, 1.82) is 0 Å². The highest BCUT2D eigenvalue weighted by molar-refractivity contribution is 5.95. The summed E-state index contributed by atoms with van der Waals surface area (Å²) in [6.07, 6.45) is 0. The third-order valence-electron chi connectivity index (χ3n) is 3.14. The number of nitrogens with two attached hydrogens (primary N) is 1. The Morgan fingerprint density at radius 1 is 1.24 bits per heavy atom. The zero-order valence-electron chi connectivity index (χ0n) is 10.6. The number of halogens is 1. The van der Waals surface area contributed by atoms with Gasteiger partial charge >= 0.3 is 0 Å². The Kier molecular flexibility index (Phi) is 2.77. The van der Waals surface area contributed by atoms with E-state index in [9.17, 15) is 4.39 Å². The number of hydrogen-bond donors (Lipinski definition) is 1. The Hall–Kier alpha value is -1.64. The lowest BCUT2D eigenvalue weighted by Crippen LogP contribution is -2.05. The summed E-state index contributed by atoms with van der Waals surface area (Å²) in [5.41, 5.74) is 10.0. The van der Waals surface area contributed by atoms with Crippen LogP contribution in [0.25, 0.3) is 10.9 Å². The second-order valence-corrected chi connectivity index (χ2v) is 4.77. The van der Waals surface area contributed by atoms with Crippen LogP contribution in [0.4, 0.5) is 10.1 Å². The van der Waals surface area contributed by atoms with Crippen molar-refractivity contribution in [2.24, 2.45) is 0 Å². The Labute approximate surface area is 101 Å². The lowest BCUT2D eigenvalue weighted by Gasteiger charge is -2.16. The maximum absolute atomic E-state index is 13.7. The van der Waals surface area contributed by atoms with Gasteiger partial charge in [0.2, 0.25) is 0 Å². The van der Waals surface area contributed by atoms with E-state index in [0.717, 1.165) is 22.2 Å². The van der Waals surface area contributed by atoms with Gasteiger partial charge in [-0.3, -0.25) is 0 Å². The largest absolute Gasteiger partial charge is 0.398 e. The molecule has 17 heavy (non-hydrogen) atoms. The first-order valence-corrected chi connectivity index (χ1v) is 5.78. The zero-order chi connectivity index (χ0) is 12.7. The third kappa shape index (κ3) is 1.75. The molecule has 2 aromatic rings. The molecule has 0 saturated carbocycles. The molecule has 0 atom stereocenters. The third-order valence-corrected chi connectivity index (χ3v) is 3.14. The van der Waals surface area contributed by atoms with Crippen molar-refractivity contribution in [3.05, 3.63) is 34.8 Å². The number of hydrogen-bond acceptors (Lipinski definition) is 2. The molecule has 2 rings (SSSR count). The molecule has 2 N–H and O–H groups in total. The summed E-state index contributed by atoms with van der Waals surface area (Å²) in [5, 5.41) is 0.749. The van der Waals surface area contributed by atoms with E-state index < -0.39 is 0 Å². The van der Waals surface area contributed by atoms with Crippen molar-refractivity contribution in [3.8, 4) is 0 Å². The van der Waals surface area contributed by atoms with E-state index in [2.05, 4.69) is 18.8 Å². The van der Waals surface area contributed by atoms with Crippen LogP contribution in [-0.4, -0.2) is 4.98 Å². The lowest BCUT2D eigenvalue weighted by atomic mass is 9.95. The number of aromatic nitrogens is 1. The molecule has 2 nitrogen and oxygen atoms in total. The van der Waals surface area contributed by atoms with Crippen LogP contribution in [0.1, 0.15) is 36.6 Å². The van der Waals surface area contributed by atoms with Gasteiger partial charge in [0, 0.05) is 16.8 Å². The molecule has 0 spiro atoms. The molecule has 1 aromatic heterocycles. The molecule has 1 heterocycles. The first-order valence-electron chi connectivity index (χ1n) is 5.78. The summed E-state index contributed by atoms with van der Waals surface area (Å²) in [6, 6.07) is 3.19. The van der Waals surface area contributed by atoms with E-state index in [1.54, 1.807) is 6.07 Å². The van der Waals surface area contributed by atoms with Crippen LogP contribution >= 0.6 is 0 Å². The minimum Gasteiger partial charge on any atom is -0.398 e. The monoisotopic (exact) mass is 232 g/mol. The smallest absolute Gasteiger partial charge is 0.149 e. The van der Waals surface area contributed by atoms with Gasteiger partial charge in [0.05, 0.1) is 0 Å². The van der Waals surface area contributed by atoms with Gasteiger partial charge in [-0.2, -0.15) is 0 Å². The molecule has 90 valence electrons. The fourth-order valence-electron chi connectivity index (χ4n) is 2.40. The van der Waals surface area contributed by atoms with Crippen LogP contribution < -0.4 is 5.73 Å². The molecule has 3 heteroatoms. The summed E-state index contributed by atoms with van der Waals surface area (Å²) >= 11 is 0. The van der Waals surface area contributed by atoms with Gasteiger partial charge in [-0.05, 0) is 37.0 Å². The van der Waals surface area contributed by atoms with Gasteiger partial charge in [0.1, 0.15) is 11.3 Å². The topological polar surface area (TPSA) is 38.9 Å². The summed E-state index contributed by atoms with van der Waals surface area (Å²) in [5.74, 6) is -0.0229. The number of fused-ring (bicyclic) bond motifs is 1. The summed E-state index contributed by atoms with van der Waals surface area (Å²) in [7, 11) is 0. The van der Waals surface area contributed by atoms with Gasteiger partial charge in [-0.15, -0.1) is 0 Å². The molecule has 0 bridgehead atoms. The van der Waals surface area contributed by atoms with Crippen LogP contribution in [-0.2, 0) is 0 Å². The number of aryl methyl sites for hydroxylation is 2. The Morgan fingerprint density at radius 3 is 2.47 bits per heavy atom. The van der Waals surface area contributed by atoms with Crippen molar-refractivity contribution in [2.75, 3.05) is 5.73 Å². The Balaban J connectivity index is 2.97. The molecule has 0 aliphatic heterocycles. The Bertz CT molecular complexity index is 589. The van der Waals surface area contributed by atoms with Gasteiger partial charge in [0.25, 0.3) is 0 Å². The highest BCUT2D eigenvalue weighted by atomic mass is 19.1. The fourth-order valence-corrected chi connectivity index (χ4v) is 2.40. The first-order chi connectivity index (χ1) is 7.93. The van der Waals surface area contributed by atoms with E-state index >= 15 is 0 Å². The molecule has 0 saturated heterocycles. The summed E-state index contributed by atoms with van der Waals surface area (Å²) in [4.78, 5) is 4.36. The van der Waals surface area contributed by atoms with E-state index in [-0.39, 0.29) is 11.7 Å². The average molecular weight is 232 g/mol. The zero-order valence-corrected chi connectivity index (χ0v) is 10.6. The molecule has 0 unspecified atom stereocenters. The Morgan fingerprint density at radius 2 is 1.88 bits per heavy atom. The number of rotatable bonds is 1. The van der Waals surface area contributed by atoms with Crippen molar-refractivity contribution >= 4 is 16.6 Å². The number of benzene rings is 1. The molecule has 0 radical (unpaired) electrons. The van der Waals surface area contributed by atoms with Gasteiger partial charge in [0.15, 0.2) is 0 Å². The number of pyridine rings is 1. The molecular formula is C14H17FN2. The predicted octanol–water partition coefficient (Wildman–Crippen LogP) is 3.70. The number of nitrogens with zero attached hydrogens (tertiary/aromatic N) is 1. The molecule has 0 fully saturated rings. The van der Waals surface area contributed by atoms with Crippen LogP contribution in [0.15, 0.2) is 12.1 Å². The van der Waals surface area contributed by atoms with Crippen molar-refractivity contribution in [1.82, 2.24) is 4.98 Å². The van der Waals surface area contributed by atoms with Crippen LogP contribution in [0.5, 0.6) is 0 Å². The maximum Gasteiger partial charge on any atom is 0.149 e. The molecule has 0 amide bonds. The van der Waals surface area contributed by atoms with Crippen molar-refractivity contribution in [3.63, 3.8) is 0 Å². The van der Waals surface area contributed by atoms with Crippen LogP contribution in [0, 0.1) is 19.7 Å². The highest BCUT2D eigenvalue weighted by Crippen LogP contribution is 2.33. The normalized spacial score (nSPS) is 11.4. The summed E-state index contributed by atoms with van der Waals surface area (Å²) < 4.78 is 13.7. The van der Waals surface area contributed by atoms with Gasteiger partial charge in [-0.1, -0.05) is 19.9 Å². The van der Waals surface area contributed by atoms with E-state index in [1.807, 2.05) is 13.8 Å². The SMILES string of the molecule is Cc1nc2c(F)ccc(C)c2c(N)c1C(C)C. The summed E-state index contributed by atoms with van der Waals surface area (Å²) in [6.45, 7) is 7.95. The fraction of sp³-hybridized carbons (Fsp3) is 0.357. The van der Waals surface area contributed by atoms with E-state index in [1.165, 1.54) is 6.07 Å². The number of anilines is 1. The minimum absolute atomic E-state index is 0.287. The van der Waals surface area contributed by atoms with Gasteiger partial charge in [-0.25, -0.2) is 9.37 Å². The van der Waals surface area contributed by atoms with Crippen molar-refractivity contribution < 1.29 is 4.39 Å². The minimum atomic E-state index is -0.310. The average Bonchev–Trinajstić information content (AvgIpc) is 2.22.